The maximum Gasteiger partial charge on any atom is 0.123 e. The third-order valence-electron chi connectivity index (χ3n) is 2.60. The summed E-state index contributed by atoms with van der Waals surface area (Å²) in [5.74, 6) is -0.330. The lowest BCUT2D eigenvalue weighted by atomic mass is 10.0. The molecule has 0 fully saturated rings. The first-order valence-corrected chi connectivity index (χ1v) is 6.51. The predicted molar refractivity (Wildman–Crippen MR) is 68.7 cm³/mol. The lowest BCUT2D eigenvalue weighted by Crippen LogP contribution is -2.01. The smallest absolute Gasteiger partial charge is 0.123 e. The average Bonchev–Trinajstić information content (AvgIpc) is 2.38. The van der Waals surface area contributed by atoms with Crippen molar-refractivity contribution in [3.8, 4) is 0 Å². The van der Waals surface area contributed by atoms with Crippen LogP contribution in [0.2, 0.25) is 0 Å². The van der Waals surface area contributed by atoms with Crippen molar-refractivity contribution in [1.29, 1.82) is 0 Å². The van der Waals surface area contributed by atoms with Crippen molar-refractivity contribution in [2.24, 2.45) is 0 Å². The highest BCUT2D eigenvalue weighted by Crippen LogP contribution is 2.30. The van der Waals surface area contributed by atoms with Gasteiger partial charge in [0.15, 0.2) is 0 Å². The molecule has 0 aromatic heterocycles. The number of halogens is 1. The van der Waals surface area contributed by atoms with Crippen LogP contribution in [0, 0.1) is 5.82 Å². The minimum atomic E-state index is -0.783. The topological polar surface area (TPSA) is 20.2 Å². The van der Waals surface area contributed by atoms with Crippen molar-refractivity contribution in [1.82, 2.24) is 0 Å². The molecule has 1 unspecified atom stereocenters. The van der Waals surface area contributed by atoms with E-state index in [0.29, 0.717) is 5.56 Å². The van der Waals surface area contributed by atoms with Crippen LogP contribution in [0.5, 0.6) is 0 Å². The van der Waals surface area contributed by atoms with Crippen molar-refractivity contribution in [2.45, 2.75) is 11.0 Å². The van der Waals surface area contributed by atoms with Crippen LogP contribution in [0.1, 0.15) is 17.2 Å². The molecule has 2 rings (SSSR count). The van der Waals surface area contributed by atoms with Crippen molar-refractivity contribution in [2.75, 3.05) is 6.26 Å². The van der Waals surface area contributed by atoms with Gasteiger partial charge in [0, 0.05) is 4.90 Å². The van der Waals surface area contributed by atoms with Gasteiger partial charge in [-0.1, -0.05) is 30.3 Å². The molecular formula is C14H13FOS. The first-order valence-electron chi connectivity index (χ1n) is 5.29. The van der Waals surface area contributed by atoms with Gasteiger partial charge < -0.3 is 5.11 Å². The summed E-state index contributed by atoms with van der Waals surface area (Å²) in [6.45, 7) is 0. The van der Waals surface area contributed by atoms with Gasteiger partial charge in [0.1, 0.15) is 11.9 Å². The van der Waals surface area contributed by atoms with Crippen molar-refractivity contribution < 1.29 is 9.50 Å². The van der Waals surface area contributed by atoms with Crippen LogP contribution in [-0.4, -0.2) is 11.4 Å². The largest absolute Gasteiger partial charge is 0.384 e. The standard InChI is InChI=1S/C14H13FOS/c1-17-13-8-3-2-7-12(13)14(16)10-5-4-6-11(15)9-10/h2-9,14,16H,1H3. The highest BCUT2D eigenvalue weighted by molar-refractivity contribution is 7.98. The number of hydrogen-bond donors (Lipinski definition) is 1. The molecule has 2 aromatic carbocycles. The lowest BCUT2D eigenvalue weighted by Gasteiger charge is -2.14. The van der Waals surface area contributed by atoms with Crippen LogP contribution in [0.4, 0.5) is 4.39 Å². The molecule has 3 heteroatoms. The third-order valence-corrected chi connectivity index (χ3v) is 3.41. The monoisotopic (exact) mass is 248 g/mol. The summed E-state index contributed by atoms with van der Waals surface area (Å²) in [4.78, 5) is 1.00. The van der Waals surface area contributed by atoms with Gasteiger partial charge in [-0.15, -0.1) is 11.8 Å². The fourth-order valence-electron chi connectivity index (χ4n) is 1.75. The molecule has 1 nitrogen and oxygen atoms in total. The van der Waals surface area contributed by atoms with Gasteiger partial charge in [0.05, 0.1) is 0 Å². The van der Waals surface area contributed by atoms with Gasteiger partial charge in [-0.25, -0.2) is 4.39 Å². The van der Waals surface area contributed by atoms with Crippen LogP contribution in [0.15, 0.2) is 53.4 Å². The zero-order valence-corrected chi connectivity index (χ0v) is 10.2. The number of benzene rings is 2. The first-order chi connectivity index (χ1) is 8.22. The number of hydrogen-bond acceptors (Lipinski definition) is 2. The summed E-state index contributed by atoms with van der Waals surface area (Å²) in [5, 5.41) is 10.2. The Morgan fingerprint density at radius 1 is 1.12 bits per heavy atom. The quantitative estimate of drug-likeness (QED) is 0.837. The van der Waals surface area contributed by atoms with E-state index in [2.05, 4.69) is 0 Å². The summed E-state index contributed by atoms with van der Waals surface area (Å²) >= 11 is 1.57. The normalized spacial score (nSPS) is 12.4. The van der Waals surface area contributed by atoms with Gasteiger partial charge in [-0.2, -0.15) is 0 Å². The fourth-order valence-corrected chi connectivity index (χ4v) is 2.38. The van der Waals surface area contributed by atoms with Crippen LogP contribution in [0.25, 0.3) is 0 Å². The molecule has 1 atom stereocenters. The lowest BCUT2D eigenvalue weighted by molar-refractivity contribution is 0.217. The van der Waals surface area contributed by atoms with E-state index in [4.69, 9.17) is 0 Å². The second-order valence-corrected chi connectivity index (χ2v) is 4.55. The van der Waals surface area contributed by atoms with Gasteiger partial charge in [0.2, 0.25) is 0 Å². The highest BCUT2D eigenvalue weighted by atomic mass is 32.2. The Morgan fingerprint density at radius 3 is 2.59 bits per heavy atom. The molecule has 88 valence electrons. The Morgan fingerprint density at radius 2 is 1.88 bits per heavy atom. The average molecular weight is 248 g/mol. The van der Waals surface area contributed by atoms with Crippen molar-refractivity contribution in [3.63, 3.8) is 0 Å². The molecule has 0 amide bonds. The number of aliphatic hydroxyl groups excluding tert-OH is 1. The molecule has 0 radical (unpaired) electrons. The Bertz CT molecular complexity index is 513. The summed E-state index contributed by atoms with van der Waals surface area (Å²) in [6.07, 6.45) is 1.17. The Hall–Kier alpha value is -1.32. The Kier molecular flexibility index (Phi) is 3.82. The third kappa shape index (κ3) is 2.68. The fraction of sp³-hybridized carbons (Fsp3) is 0.143. The van der Waals surface area contributed by atoms with E-state index in [1.54, 1.807) is 23.9 Å². The molecule has 17 heavy (non-hydrogen) atoms. The van der Waals surface area contributed by atoms with Crippen molar-refractivity contribution in [3.05, 3.63) is 65.5 Å². The molecule has 1 N–H and O–H groups in total. The Labute approximate surface area is 104 Å². The van der Waals surface area contributed by atoms with E-state index in [1.807, 2.05) is 30.5 Å². The molecule has 2 aromatic rings. The van der Waals surface area contributed by atoms with Gasteiger partial charge >= 0.3 is 0 Å². The van der Waals surface area contributed by atoms with Gasteiger partial charge in [0.25, 0.3) is 0 Å². The van der Waals surface area contributed by atoms with Gasteiger partial charge in [-0.3, -0.25) is 0 Å². The maximum absolute atomic E-state index is 13.1. The summed E-state index contributed by atoms with van der Waals surface area (Å²) in [5.41, 5.74) is 1.39. The summed E-state index contributed by atoms with van der Waals surface area (Å²) in [6, 6.07) is 13.7. The zero-order chi connectivity index (χ0) is 12.3. The molecule has 0 aliphatic rings. The molecule has 0 aliphatic carbocycles. The van der Waals surface area contributed by atoms with Crippen LogP contribution in [-0.2, 0) is 0 Å². The van der Waals surface area contributed by atoms with Crippen molar-refractivity contribution >= 4 is 11.8 Å². The molecule has 0 spiro atoms. The predicted octanol–water partition coefficient (Wildman–Crippen LogP) is 3.63. The van der Waals surface area contributed by atoms with E-state index in [0.717, 1.165) is 10.5 Å². The van der Waals surface area contributed by atoms with Crippen LogP contribution < -0.4 is 0 Å². The van der Waals surface area contributed by atoms with E-state index in [1.165, 1.54) is 12.1 Å². The van der Waals surface area contributed by atoms with E-state index in [9.17, 15) is 9.50 Å². The highest BCUT2D eigenvalue weighted by Gasteiger charge is 2.14. The number of rotatable bonds is 3. The summed E-state index contributed by atoms with van der Waals surface area (Å²) in [7, 11) is 0. The van der Waals surface area contributed by atoms with E-state index < -0.39 is 6.10 Å². The molecule has 0 bridgehead atoms. The first kappa shape index (κ1) is 12.1. The second kappa shape index (κ2) is 5.34. The molecule has 0 saturated heterocycles. The minimum absolute atomic E-state index is 0.330. The van der Waals surface area contributed by atoms with Crippen LogP contribution in [0.3, 0.4) is 0 Å². The number of thioether (sulfide) groups is 1. The Balaban J connectivity index is 2.40. The van der Waals surface area contributed by atoms with Gasteiger partial charge in [-0.05, 0) is 35.6 Å². The zero-order valence-electron chi connectivity index (χ0n) is 9.43. The molecule has 0 saturated carbocycles. The maximum atomic E-state index is 13.1. The number of aliphatic hydroxyl groups is 1. The minimum Gasteiger partial charge on any atom is -0.384 e. The summed E-state index contributed by atoms with van der Waals surface area (Å²) < 4.78 is 13.1. The molecular weight excluding hydrogens is 235 g/mol. The van der Waals surface area contributed by atoms with E-state index >= 15 is 0 Å². The second-order valence-electron chi connectivity index (χ2n) is 3.70. The molecule has 0 aliphatic heterocycles. The van der Waals surface area contributed by atoms with E-state index in [-0.39, 0.29) is 5.82 Å². The molecule has 0 heterocycles. The SMILES string of the molecule is CSc1ccccc1C(O)c1cccc(F)c1. The van der Waals surface area contributed by atoms with Crippen LogP contribution >= 0.6 is 11.8 Å².